The van der Waals surface area contributed by atoms with Crippen LogP contribution >= 0.6 is 24.0 Å². The van der Waals surface area contributed by atoms with E-state index in [0.29, 0.717) is 30.6 Å². The van der Waals surface area contributed by atoms with E-state index in [1.54, 1.807) is 12.3 Å². The molecule has 1 saturated heterocycles. The fourth-order valence-electron chi connectivity index (χ4n) is 3.04. The highest BCUT2D eigenvalue weighted by Gasteiger charge is 2.27. The van der Waals surface area contributed by atoms with Crippen molar-refractivity contribution in [2.45, 2.75) is 33.2 Å². The number of likely N-dealkylation sites (tertiary alicyclic amines) is 1. The molecule has 0 aromatic carbocycles. The number of nitrogens with one attached hydrogen (secondary N) is 2. The van der Waals surface area contributed by atoms with Crippen LogP contribution in [0.2, 0.25) is 0 Å². The number of furan rings is 1. The van der Waals surface area contributed by atoms with E-state index in [1.165, 1.54) is 0 Å². The van der Waals surface area contributed by atoms with Crippen molar-refractivity contribution in [1.82, 2.24) is 25.4 Å². The minimum atomic E-state index is -0.0915. The summed E-state index contributed by atoms with van der Waals surface area (Å²) in [5.74, 6) is 2.51. The quantitative estimate of drug-likeness (QED) is 0.270. The van der Waals surface area contributed by atoms with Crippen LogP contribution in [0, 0.1) is 5.92 Å². The van der Waals surface area contributed by atoms with Crippen LogP contribution in [0.15, 0.2) is 27.8 Å². The molecule has 0 radical (unpaired) electrons. The highest BCUT2D eigenvalue weighted by Crippen LogP contribution is 2.19. The van der Waals surface area contributed by atoms with E-state index < -0.39 is 0 Å². The molecule has 1 fully saturated rings. The molecule has 0 unspecified atom stereocenters. The van der Waals surface area contributed by atoms with Gasteiger partial charge in [-0.3, -0.25) is 9.89 Å². The molecule has 154 valence electrons. The van der Waals surface area contributed by atoms with Crippen LogP contribution in [-0.4, -0.2) is 58.3 Å². The van der Waals surface area contributed by atoms with Crippen LogP contribution in [0.25, 0.3) is 11.6 Å². The van der Waals surface area contributed by atoms with Gasteiger partial charge in [0.25, 0.3) is 0 Å². The van der Waals surface area contributed by atoms with Crippen LogP contribution in [0.1, 0.15) is 32.5 Å². The molecule has 2 aromatic rings. The molecule has 0 spiro atoms. The maximum atomic E-state index is 11.9. The fourth-order valence-corrected chi connectivity index (χ4v) is 3.04. The van der Waals surface area contributed by atoms with Gasteiger partial charge in [0.1, 0.15) is 12.4 Å². The number of carbonyl (C=O) groups is 1. The second-order valence-electron chi connectivity index (χ2n) is 6.27. The third-order valence-corrected chi connectivity index (χ3v) is 4.40. The van der Waals surface area contributed by atoms with E-state index >= 15 is 0 Å². The summed E-state index contributed by atoms with van der Waals surface area (Å²) >= 11 is 0. The highest BCUT2D eigenvalue weighted by atomic mass is 127. The summed E-state index contributed by atoms with van der Waals surface area (Å²) < 4.78 is 10.4. The average Bonchev–Trinajstić information content (AvgIpc) is 3.37. The zero-order valence-corrected chi connectivity index (χ0v) is 18.5. The molecule has 10 heteroatoms. The molecule has 3 heterocycles. The Morgan fingerprint density at radius 3 is 2.86 bits per heavy atom. The van der Waals surface area contributed by atoms with E-state index in [9.17, 15) is 4.79 Å². The van der Waals surface area contributed by atoms with Crippen molar-refractivity contribution >= 4 is 35.9 Å². The summed E-state index contributed by atoms with van der Waals surface area (Å²) in [4.78, 5) is 23.1. The maximum Gasteiger partial charge on any atom is 0.309 e. The second kappa shape index (κ2) is 11.0. The number of aromatic nitrogens is 3. The predicted octanol–water partition coefficient (Wildman–Crippen LogP) is 2.42. The molecule has 0 atom stereocenters. The van der Waals surface area contributed by atoms with Crippen molar-refractivity contribution in [3.8, 4) is 11.6 Å². The third-order valence-electron chi connectivity index (χ3n) is 4.40. The van der Waals surface area contributed by atoms with Crippen molar-refractivity contribution in [1.29, 1.82) is 0 Å². The monoisotopic (exact) mass is 502 g/mol. The zero-order valence-electron chi connectivity index (χ0n) is 16.2. The molecule has 9 nitrogen and oxygen atoms in total. The van der Waals surface area contributed by atoms with Crippen LogP contribution in [0.4, 0.5) is 0 Å². The Bertz CT molecular complexity index is 753. The van der Waals surface area contributed by atoms with Gasteiger partial charge in [-0.1, -0.05) is 0 Å². The minimum Gasteiger partial charge on any atom is -0.466 e. The molecule has 1 aliphatic heterocycles. The number of halogens is 1. The van der Waals surface area contributed by atoms with Gasteiger partial charge < -0.3 is 19.4 Å². The van der Waals surface area contributed by atoms with Crippen molar-refractivity contribution < 1.29 is 13.9 Å². The lowest BCUT2D eigenvalue weighted by atomic mass is 9.97. The van der Waals surface area contributed by atoms with E-state index in [1.807, 2.05) is 19.9 Å². The summed E-state index contributed by atoms with van der Waals surface area (Å²) in [5.41, 5.74) is 0. The Labute approximate surface area is 181 Å². The Kier molecular flexibility index (Phi) is 8.74. The van der Waals surface area contributed by atoms with Crippen molar-refractivity contribution in [2.24, 2.45) is 10.9 Å². The number of hydrogen-bond acceptors (Lipinski definition) is 6. The average molecular weight is 502 g/mol. The van der Waals surface area contributed by atoms with Gasteiger partial charge in [0.2, 0.25) is 5.82 Å². The first-order valence-corrected chi connectivity index (χ1v) is 9.36. The molecular formula is C18H27IN6O3. The number of rotatable bonds is 6. The lowest BCUT2D eigenvalue weighted by Crippen LogP contribution is -2.46. The number of aromatic amines is 1. The first kappa shape index (κ1) is 22.2. The number of nitrogens with zero attached hydrogens (tertiary/aromatic N) is 4. The molecule has 0 saturated carbocycles. The second-order valence-corrected chi connectivity index (χ2v) is 6.27. The fraction of sp³-hybridized carbons (Fsp3) is 0.556. The molecule has 2 aromatic heterocycles. The Balaban J connectivity index is 0.00000280. The number of ether oxygens (including phenoxy) is 1. The number of piperidine rings is 1. The SMILES string of the molecule is CCNC(=NCc1nc(-c2ccco2)n[nH]1)N1CCC(C(=O)OCC)CC1.I. The van der Waals surface area contributed by atoms with Gasteiger partial charge in [-0.2, -0.15) is 0 Å². The molecule has 28 heavy (non-hydrogen) atoms. The summed E-state index contributed by atoms with van der Waals surface area (Å²) in [6.45, 7) is 6.99. The number of esters is 1. The number of carbonyl (C=O) groups excluding carboxylic acids is 1. The Morgan fingerprint density at radius 1 is 1.43 bits per heavy atom. The zero-order chi connectivity index (χ0) is 19.1. The highest BCUT2D eigenvalue weighted by molar-refractivity contribution is 14.0. The van der Waals surface area contributed by atoms with Gasteiger partial charge in [-0.25, -0.2) is 9.98 Å². The van der Waals surface area contributed by atoms with Crippen LogP contribution < -0.4 is 5.32 Å². The summed E-state index contributed by atoms with van der Waals surface area (Å²) in [5, 5.41) is 10.4. The van der Waals surface area contributed by atoms with Gasteiger partial charge in [0.05, 0.1) is 18.8 Å². The first-order chi connectivity index (χ1) is 13.2. The van der Waals surface area contributed by atoms with Crippen LogP contribution in [0.5, 0.6) is 0 Å². The van der Waals surface area contributed by atoms with Gasteiger partial charge in [0.15, 0.2) is 11.7 Å². The normalized spacial score (nSPS) is 15.2. The molecule has 0 amide bonds. The molecule has 0 aliphatic carbocycles. The minimum absolute atomic E-state index is 0. The molecule has 1 aliphatic rings. The molecular weight excluding hydrogens is 475 g/mol. The van der Waals surface area contributed by atoms with E-state index in [2.05, 4.69) is 30.4 Å². The third kappa shape index (κ3) is 5.69. The lowest BCUT2D eigenvalue weighted by molar-refractivity contribution is -0.149. The van der Waals surface area contributed by atoms with Crippen LogP contribution in [0.3, 0.4) is 0 Å². The van der Waals surface area contributed by atoms with Gasteiger partial charge in [0, 0.05) is 19.6 Å². The van der Waals surface area contributed by atoms with E-state index in [-0.39, 0.29) is 35.9 Å². The Morgan fingerprint density at radius 2 is 2.21 bits per heavy atom. The number of guanidine groups is 1. The van der Waals surface area contributed by atoms with Crippen molar-refractivity contribution in [3.05, 3.63) is 24.2 Å². The largest absolute Gasteiger partial charge is 0.466 e. The number of hydrogen-bond donors (Lipinski definition) is 2. The first-order valence-electron chi connectivity index (χ1n) is 9.36. The molecule has 0 bridgehead atoms. The predicted molar refractivity (Wildman–Crippen MR) is 115 cm³/mol. The summed E-state index contributed by atoms with van der Waals surface area (Å²) in [6, 6.07) is 3.61. The lowest BCUT2D eigenvalue weighted by Gasteiger charge is -2.33. The number of aliphatic imine (C=N–C) groups is 1. The van der Waals surface area contributed by atoms with Gasteiger partial charge in [-0.05, 0) is 38.8 Å². The van der Waals surface area contributed by atoms with Crippen molar-refractivity contribution in [2.75, 3.05) is 26.2 Å². The molecule has 3 rings (SSSR count). The number of H-pyrrole nitrogens is 1. The smallest absolute Gasteiger partial charge is 0.309 e. The van der Waals surface area contributed by atoms with Crippen molar-refractivity contribution in [3.63, 3.8) is 0 Å². The molecule has 2 N–H and O–H groups in total. The van der Waals surface area contributed by atoms with E-state index in [0.717, 1.165) is 38.4 Å². The topological polar surface area (TPSA) is 109 Å². The van der Waals surface area contributed by atoms with Gasteiger partial charge in [-0.15, -0.1) is 29.1 Å². The standard InChI is InChI=1S/C18H26N6O3.HI/c1-3-19-18(24-9-7-13(8-10-24)17(25)26-4-2)20-12-15-21-16(23-22-15)14-6-5-11-27-14;/h5-6,11,13H,3-4,7-10,12H2,1-2H3,(H,19,20)(H,21,22,23);1H. The Hall–Kier alpha value is -2.11. The van der Waals surface area contributed by atoms with E-state index in [4.69, 9.17) is 9.15 Å². The summed E-state index contributed by atoms with van der Waals surface area (Å²) in [7, 11) is 0. The van der Waals surface area contributed by atoms with Crippen LogP contribution in [-0.2, 0) is 16.1 Å². The maximum absolute atomic E-state index is 11.9. The summed E-state index contributed by atoms with van der Waals surface area (Å²) in [6.07, 6.45) is 3.13. The van der Waals surface area contributed by atoms with Gasteiger partial charge >= 0.3 is 5.97 Å².